The van der Waals surface area contributed by atoms with Crippen LogP contribution in [0.15, 0.2) is 48.5 Å². The van der Waals surface area contributed by atoms with E-state index in [1.165, 1.54) is 0 Å². The van der Waals surface area contributed by atoms with E-state index >= 15 is 0 Å². The van der Waals surface area contributed by atoms with Crippen molar-refractivity contribution >= 4 is 25.3 Å². The number of benzene rings is 2. The molecule has 1 amide bonds. The highest BCUT2D eigenvalue weighted by Gasteiger charge is 2.48. The summed E-state index contributed by atoms with van der Waals surface area (Å²) in [5, 5.41) is 3.21. The van der Waals surface area contributed by atoms with Crippen molar-refractivity contribution in [2.24, 2.45) is 0 Å². The summed E-state index contributed by atoms with van der Waals surface area (Å²) in [7, 11) is -3.14. The molecular weight excluding hydrogens is 489 g/mol. The van der Waals surface area contributed by atoms with E-state index in [1.54, 1.807) is 11.8 Å². The van der Waals surface area contributed by atoms with Crippen LogP contribution in [-0.4, -0.2) is 43.8 Å². The van der Waals surface area contributed by atoms with Crippen LogP contribution in [0.1, 0.15) is 69.9 Å². The van der Waals surface area contributed by atoms with Crippen molar-refractivity contribution in [1.82, 2.24) is 5.32 Å². The molecule has 0 saturated carbocycles. The first-order chi connectivity index (χ1) is 17.5. The SMILES string of the molecule is CCCCOP(=O)(CCCCC1(C(=O)NCCSC)c2ccccc2-c2ccccc21)OCCCC. The second-order valence-electron chi connectivity index (χ2n) is 9.41. The number of hydrogen-bond donors (Lipinski definition) is 1. The largest absolute Gasteiger partial charge is 0.354 e. The second kappa shape index (κ2) is 14.4. The number of hydrogen-bond acceptors (Lipinski definition) is 5. The van der Waals surface area contributed by atoms with Gasteiger partial charge in [0.2, 0.25) is 5.91 Å². The van der Waals surface area contributed by atoms with Crippen LogP contribution in [-0.2, 0) is 23.8 Å². The van der Waals surface area contributed by atoms with Gasteiger partial charge in [-0.3, -0.25) is 9.36 Å². The molecular formula is C29H42NO4PS. The maximum Gasteiger partial charge on any atom is 0.330 e. The maximum atomic E-state index is 13.9. The summed E-state index contributed by atoms with van der Waals surface area (Å²) in [6.45, 7) is 5.74. The molecule has 0 bridgehead atoms. The monoisotopic (exact) mass is 531 g/mol. The molecule has 0 aromatic heterocycles. The van der Waals surface area contributed by atoms with Gasteiger partial charge in [0.1, 0.15) is 5.41 Å². The van der Waals surface area contributed by atoms with E-state index in [1.807, 2.05) is 30.5 Å². The van der Waals surface area contributed by atoms with Gasteiger partial charge in [-0.05, 0) is 54.2 Å². The Morgan fingerprint density at radius 3 is 1.97 bits per heavy atom. The van der Waals surface area contributed by atoms with Crippen LogP contribution < -0.4 is 5.32 Å². The predicted octanol–water partition coefficient (Wildman–Crippen LogP) is 7.43. The predicted molar refractivity (Wildman–Crippen MR) is 152 cm³/mol. The van der Waals surface area contributed by atoms with Gasteiger partial charge in [-0.1, -0.05) is 81.6 Å². The van der Waals surface area contributed by atoms with Crippen molar-refractivity contribution in [2.75, 3.05) is 37.9 Å². The van der Waals surface area contributed by atoms with E-state index in [9.17, 15) is 9.36 Å². The van der Waals surface area contributed by atoms with Crippen LogP contribution in [0.25, 0.3) is 11.1 Å². The molecule has 0 radical (unpaired) electrons. The van der Waals surface area contributed by atoms with Crippen molar-refractivity contribution in [1.29, 1.82) is 0 Å². The zero-order chi connectivity index (χ0) is 25.9. The van der Waals surface area contributed by atoms with Crippen molar-refractivity contribution in [3.05, 3.63) is 59.7 Å². The fraction of sp³-hybridized carbons (Fsp3) is 0.552. The third-order valence-corrected chi connectivity index (χ3v) is 9.48. The Bertz CT molecular complexity index is 968. The molecule has 1 aliphatic carbocycles. The second-order valence-corrected chi connectivity index (χ2v) is 12.6. The van der Waals surface area contributed by atoms with Gasteiger partial charge in [-0.2, -0.15) is 11.8 Å². The van der Waals surface area contributed by atoms with E-state index < -0.39 is 13.0 Å². The molecule has 5 nitrogen and oxygen atoms in total. The number of carbonyl (C=O) groups is 1. The van der Waals surface area contributed by atoms with Crippen molar-refractivity contribution in [3.8, 4) is 11.1 Å². The Morgan fingerprint density at radius 2 is 1.44 bits per heavy atom. The van der Waals surface area contributed by atoms with E-state index in [0.29, 0.717) is 38.8 Å². The van der Waals surface area contributed by atoms with Crippen LogP contribution >= 0.6 is 19.4 Å². The summed E-state index contributed by atoms with van der Waals surface area (Å²) in [4.78, 5) is 13.9. The molecule has 0 saturated heterocycles. The van der Waals surface area contributed by atoms with Gasteiger partial charge in [-0.25, -0.2) is 0 Å². The van der Waals surface area contributed by atoms with E-state index in [0.717, 1.165) is 60.1 Å². The van der Waals surface area contributed by atoms with Crippen LogP contribution in [0.5, 0.6) is 0 Å². The Kier molecular flexibility index (Phi) is 11.6. The fourth-order valence-corrected chi connectivity index (χ4v) is 6.99. The molecule has 36 heavy (non-hydrogen) atoms. The molecule has 198 valence electrons. The summed E-state index contributed by atoms with van der Waals surface area (Å²) < 4.78 is 25.0. The zero-order valence-electron chi connectivity index (χ0n) is 22.1. The molecule has 7 heteroatoms. The number of thioether (sulfide) groups is 1. The maximum absolute atomic E-state index is 13.9. The molecule has 0 spiro atoms. The van der Waals surface area contributed by atoms with Gasteiger partial charge in [0, 0.05) is 12.3 Å². The molecule has 2 aromatic rings. The first-order valence-corrected chi connectivity index (χ1v) is 16.5. The summed E-state index contributed by atoms with van der Waals surface area (Å²) in [6, 6.07) is 16.5. The van der Waals surface area contributed by atoms with Crippen LogP contribution in [0, 0.1) is 0 Å². The highest BCUT2D eigenvalue weighted by molar-refractivity contribution is 7.98. The molecule has 0 fully saturated rings. The Balaban J connectivity index is 1.80. The summed E-state index contributed by atoms with van der Waals surface area (Å²) in [5.41, 5.74) is 3.64. The van der Waals surface area contributed by atoms with Crippen LogP contribution in [0.2, 0.25) is 0 Å². The lowest BCUT2D eigenvalue weighted by Crippen LogP contribution is -2.45. The number of amides is 1. The normalized spacial score (nSPS) is 13.9. The number of fused-ring (bicyclic) bond motifs is 3. The van der Waals surface area contributed by atoms with Gasteiger partial charge in [0.05, 0.1) is 19.4 Å². The third kappa shape index (κ3) is 6.83. The molecule has 2 aromatic carbocycles. The first-order valence-electron chi connectivity index (χ1n) is 13.4. The third-order valence-electron chi connectivity index (χ3n) is 6.85. The van der Waals surface area contributed by atoms with Crippen molar-refractivity contribution in [2.45, 2.75) is 64.2 Å². The molecule has 3 rings (SSSR count). The fourth-order valence-electron chi connectivity index (χ4n) is 4.93. The highest BCUT2D eigenvalue weighted by atomic mass is 32.2. The standard InChI is InChI=1S/C29H42NO4PS/c1-4-6-20-33-35(32,34-21-7-5-2)22-13-12-18-29(28(31)30-19-23-36-3)26-16-10-8-14-24(26)25-15-9-11-17-27(25)29/h8-11,14-17H,4-7,12-13,18-23H2,1-3H3,(H,30,31). The number of rotatable bonds is 17. The van der Waals surface area contributed by atoms with Gasteiger partial charge in [-0.15, -0.1) is 0 Å². The minimum atomic E-state index is -3.14. The lowest BCUT2D eigenvalue weighted by Gasteiger charge is -2.31. The van der Waals surface area contributed by atoms with Crippen molar-refractivity contribution < 1.29 is 18.4 Å². The molecule has 1 aliphatic rings. The molecule has 0 atom stereocenters. The van der Waals surface area contributed by atoms with Crippen LogP contribution in [0.4, 0.5) is 0 Å². The quantitative estimate of drug-likeness (QED) is 0.170. The Hall–Kier alpha value is -1.59. The number of carbonyl (C=O) groups excluding carboxylic acids is 1. The van der Waals surface area contributed by atoms with Gasteiger partial charge in [0.15, 0.2) is 0 Å². The van der Waals surface area contributed by atoms with Gasteiger partial charge in [0.25, 0.3) is 0 Å². The van der Waals surface area contributed by atoms with E-state index in [2.05, 4.69) is 43.4 Å². The topological polar surface area (TPSA) is 64.6 Å². The summed E-state index contributed by atoms with van der Waals surface area (Å²) >= 11 is 1.72. The number of nitrogens with one attached hydrogen (secondary N) is 1. The Labute approximate surface area is 221 Å². The average Bonchev–Trinajstić information content (AvgIpc) is 3.18. The average molecular weight is 532 g/mol. The summed E-state index contributed by atoms with van der Waals surface area (Å²) in [6.07, 6.45) is 8.22. The number of unbranched alkanes of at least 4 members (excludes halogenated alkanes) is 3. The zero-order valence-corrected chi connectivity index (χ0v) is 23.8. The van der Waals surface area contributed by atoms with Gasteiger partial charge >= 0.3 is 7.60 Å². The first kappa shape index (κ1) is 29.0. The van der Waals surface area contributed by atoms with Gasteiger partial charge < -0.3 is 14.4 Å². The van der Waals surface area contributed by atoms with E-state index in [-0.39, 0.29) is 5.91 Å². The molecule has 0 unspecified atom stereocenters. The minimum Gasteiger partial charge on any atom is -0.354 e. The van der Waals surface area contributed by atoms with Crippen molar-refractivity contribution in [3.63, 3.8) is 0 Å². The molecule has 0 heterocycles. The smallest absolute Gasteiger partial charge is 0.330 e. The van der Waals surface area contributed by atoms with E-state index in [4.69, 9.17) is 9.05 Å². The highest BCUT2D eigenvalue weighted by Crippen LogP contribution is 2.53. The minimum absolute atomic E-state index is 0.0514. The lowest BCUT2D eigenvalue weighted by atomic mass is 9.73. The van der Waals surface area contributed by atoms with Crippen LogP contribution in [0.3, 0.4) is 0 Å². The lowest BCUT2D eigenvalue weighted by molar-refractivity contribution is -0.125. The Morgan fingerprint density at radius 1 is 0.889 bits per heavy atom. The molecule has 0 aliphatic heterocycles. The molecule has 1 N–H and O–H groups in total. The summed E-state index contributed by atoms with van der Waals surface area (Å²) in [5.74, 6) is 0.925.